The van der Waals surface area contributed by atoms with Crippen LogP contribution in [0.15, 0.2) is 40.5 Å². The molecular formula is C18H12Cl2F2N4S. The molecule has 0 N–H and O–H groups in total. The molecule has 1 unspecified atom stereocenters. The van der Waals surface area contributed by atoms with Crippen molar-refractivity contribution in [2.75, 3.05) is 6.26 Å². The van der Waals surface area contributed by atoms with Gasteiger partial charge in [-0.05, 0) is 37.4 Å². The van der Waals surface area contributed by atoms with E-state index >= 15 is 0 Å². The van der Waals surface area contributed by atoms with Crippen LogP contribution in [-0.4, -0.2) is 26.7 Å². The van der Waals surface area contributed by atoms with Crippen molar-refractivity contribution >= 4 is 40.7 Å². The molecule has 27 heavy (non-hydrogen) atoms. The monoisotopic (exact) mass is 424 g/mol. The highest BCUT2D eigenvalue weighted by Gasteiger charge is 2.30. The molecule has 0 bridgehead atoms. The predicted octanol–water partition coefficient (Wildman–Crippen LogP) is 5.49. The molecule has 0 radical (unpaired) electrons. The molecule has 0 saturated heterocycles. The van der Waals surface area contributed by atoms with E-state index in [1.807, 2.05) is 6.26 Å². The number of hydrogen-bond acceptors (Lipinski definition) is 4. The van der Waals surface area contributed by atoms with Gasteiger partial charge in [0, 0.05) is 5.56 Å². The molecule has 0 fully saturated rings. The molecule has 138 valence electrons. The molecule has 4 rings (SSSR count). The van der Waals surface area contributed by atoms with Crippen LogP contribution in [0.5, 0.6) is 0 Å². The van der Waals surface area contributed by atoms with Crippen molar-refractivity contribution in [3.8, 4) is 5.69 Å². The van der Waals surface area contributed by atoms with Crippen molar-refractivity contribution < 1.29 is 8.78 Å². The van der Waals surface area contributed by atoms with Gasteiger partial charge in [0.05, 0.1) is 27.0 Å². The van der Waals surface area contributed by atoms with Gasteiger partial charge in [-0.3, -0.25) is 4.99 Å². The third-order valence-electron chi connectivity index (χ3n) is 4.23. The molecule has 1 atom stereocenters. The Hall–Kier alpha value is -1.96. The van der Waals surface area contributed by atoms with Crippen molar-refractivity contribution in [2.24, 2.45) is 4.99 Å². The minimum absolute atomic E-state index is 0.0820. The average Bonchev–Trinajstić information content (AvgIpc) is 3.03. The lowest BCUT2D eigenvalue weighted by Gasteiger charge is -2.14. The first-order chi connectivity index (χ1) is 12.9. The molecule has 1 aromatic heterocycles. The molecule has 4 nitrogen and oxygen atoms in total. The Bertz CT molecular complexity index is 1080. The first-order valence-corrected chi connectivity index (χ1v) is 9.92. The van der Waals surface area contributed by atoms with E-state index in [1.165, 1.54) is 30.0 Å². The van der Waals surface area contributed by atoms with Crippen LogP contribution >= 0.6 is 35.0 Å². The highest BCUT2D eigenvalue weighted by Crippen LogP contribution is 2.38. The lowest BCUT2D eigenvalue weighted by molar-refractivity contribution is 0.578. The predicted molar refractivity (Wildman–Crippen MR) is 104 cm³/mol. The fourth-order valence-corrected chi connectivity index (χ4v) is 3.77. The van der Waals surface area contributed by atoms with Gasteiger partial charge >= 0.3 is 0 Å². The van der Waals surface area contributed by atoms with Crippen LogP contribution < -0.4 is 0 Å². The molecule has 1 aliphatic rings. The summed E-state index contributed by atoms with van der Waals surface area (Å²) in [5.41, 5.74) is 0.651. The van der Waals surface area contributed by atoms with Crippen LogP contribution in [0.25, 0.3) is 5.69 Å². The number of benzene rings is 2. The van der Waals surface area contributed by atoms with E-state index in [9.17, 15) is 8.78 Å². The Morgan fingerprint density at radius 1 is 1.07 bits per heavy atom. The topological polar surface area (TPSA) is 43.1 Å². The standard InChI is InChI=1S/C18H12Cl2F2N4S/c1-8-17-24-18(27-2)25-26(17)12-7-6-9(19)15(20)14(12)16(23-8)13-10(21)4-3-5-11(13)22/h3-8H,1-2H3. The third-order valence-corrected chi connectivity index (χ3v) is 5.57. The van der Waals surface area contributed by atoms with Gasteiger partial charge in [-0.1, -0.05) is 41.0 Å². The minimum Gasteiger partial charge on any atom is -0.273 e. The SMILES string of the molecule is CSc1nc2n(n1)-c1ccc(Cl)c(Cl)c1C(c1c(F)cccc1F)=NC2C. The number of thioether (sulfide) groups is 1. The van der Waals surface area contributed by atoms with Crippen LogP contribution in [0, 0.1) is 11.6 Å². The molecule has 0 spiro atoms. The van der Waals surface area contributed by atoms with Crippen molar-refractivity contribution in [1.82, 2.24) is 14.8 Å². The summed E-state index contributed by atoms with van der Waals surface area (Å²) >= 11 is 14.1. The molecular weight excluding hydrogens is 413 g/mol. The maximum atomic E-state index is 14.6. The second-order valence-corrected chi connectivity index (χ2v) is 7.43. The summed E-state index contributed by atoms with van der Waals surface area (Å²) < 4.78 is 30.7. The number of fused-ring (bicyclic) bond motifs is 3. The maximum absolute atomic E-state index is 14.6. The Balaban J connectivity index is 2.10. The molecule has 1 aliphatic heterocycles. The Morgan fingerprint density at radius 2 is 1.78 bits per heavy atom. The van der Waals surface area contributed by atoms with E-state index in [0.29, 0.717) is 22.2 Å². The van der Waals surface area contributed by atoms with Crippen LogP contribution in [0.3, 0.4) is 0 Å². The summed E-state index contributed by atoms with van der Waals surface area (Å²) in [7, 11) is 0. The van der Waals surface area contributed by atoms with Crippen LogP contribution in [0.1, 0.15) is 29.9 Å². The normalized spacial score (nSPS) is 15.8. The third kappa shape index (κ3) is 2.94. The van der Waals surface area contributed by atoms with Gasteiger partial charge in [-0.15, -0.1) is 5.10 Å². The fourth-order valence-electron chi connectivity index (χ4n) is 3.01. The Morgan fingerprint density at radius 3 is 2.44 bits per heavy atom. The Kier molecular flexibility index (Phi) is 4.70. The summed E-state index contributed by atoms with van der Waals surface area (Å²) in [6.07, 6.45) is 1.86. The molecule has 2 heterocycles. The lowest BCUT2D eigenvalue weighted by atomic mass is 9.99. The zero-order valence-electron chi connectivity index (χ0n) is 14.2. The van der Waals surface area contributed by atoms with E-state index in [2.05, 4.69) is 15.1 Å². The Labute approximate surface area is 168 Å². The summed E-state index contributed by atoms with van der Waals surface area (Å²) in [5, 5.41) is 5.43. The van der Waals surface area contributed by atoms with Gasteiger partial charge < -0.3 is 0 Å². The zero-order chi connectivity index (χ0) is 19.3. The quantitative estimate of drug-likeness (QED) is 0.511. The van der Waals surface area contributed by atoms with Gasteiger partial charge in [-0.2, -0.15) is 0 Å². The highest BCUT2D eigenvalue weighted by molar-refractivity contribution is 7.98. The van der Waals surface area contributed by atoms with Gasteiger partial charge in [0.2, 0.25) is 5.16 Å². The van der Waals surface area contributed by atoms with Crippen molar-refractivity contribution in [3.63, 3.8) is 0 Å². The number of rotatable bonds is 2. The summed E-state index contributed by atoms with van der Waals surface area (Å²) in [6, 6.07) is 6.45. The smallest absolute Gasteiger partial charge is 0.208 e. The molecule has 0 saturated carbocycles. The van der Waals surface area contributed by atoms with Crippen molar-refractivity contribution in [3.05, 3.63) is 69.0 Å². The lowest BCUT2D eigenvalue weighted by Crippen LogP contribution is -2.13. The molecule has 3 aromatic rings. The molecule has 2 aromatic carbocycles. The van der Waals surface area contributed by atoms with E-state index in [0.717, 1.165) is 0 Å². The van der Waals surface area contributed by atoms with Crippen LogP contribution in [0.2, 0.25) is 10.0 Å². The highest BCUT2D eigenvalue weighted by atomic mass is 35.5. The zero-order valence-corrected chi connectivity index (χ0v) is 16.5. The van der Waals surface area contributed by atoms with E-state index < -0.39 is 17.7 Å². The van der Waals surface area contributed by atoms with Gasteiger partial charge in [-0.25, -0.2) is 18.4 Å². The van der Waals surface area contributed by atoms with Crippen LogP contribution in [-0.2, 0) is 0 Å². The maximum Gasteiger partial charge on any atom is 0.208 e. The number of aliphatic imine (C=N–C) groups is 1. The fraction of sp³-hybridized carbons (Fsp3) is 0.167. The number of nitrogens with zero attached hydrogens (tertiary/aromatic N) is 4. The van der Waals surface area contributed by atoms with E-state index in [-0.39, 0.29) is 21.3 Å². The molecule has 0 amide bonds. The molecule has 0 aliphatic carbocycles. The van der Waals surface area contributed by atoms with Gasteiger partial charge in [0.1, 0.15) is 17.7 Å². The number of hydrogen-bond donors (Lipinski definition) is 0. The summed E-state index contributed by atoms with van der Waals surface area (Å²) in [6.45, 7) is 1.78. The first-order valence-electron chi connectivity index (χ1n) is 7.94. The largest absolute Gasteiger partial charge is 0.273 e. The number of aromatic nitrogens is 3. The van der Waals surface area contributed by atoms with E-state index in [4.69, 9.17) is 23.2 Å². The van der Waals surface area contributed by atoms with E-state index in [1.54, 1.807) is 23.7 Å². The summed E-state index contributed by atoms with van der Waals surface area (Å²) in [5.74, 6) is -0.925. The van der Waals surface area contributed by atoms with Gasteiger partial charge in [0.25, 0.3) is 0 Å². The van der Waals surface area contributed by atoms with Crippen molar-refractivity contribution in [2.45, 2.75) is 18.1 Å². The van der Waals surface area contributed by atoms with Crippen LogP contribution in [0.4, 0.5) is 8.78 Å². The minimum atomic E-state index is -0.736. The number of halogens is 4. The second-order valence-electron chi connectivity index (χ2n) is 5.87. The summed E-state index contributed by atoms with van der Waals surface area (Å²) in [4.78, 5) is 9.04. The average molecular weight is 425 g/mol. The van der Waals surface area contributed by atoms with Gasteiger partial charge in [0.15, 0.2) is 5.82 Å². The second kappa shape index (κ2) is 6.89. The molecule has 9 heteroatoms. The first kappa shape index (κ1) is 18.4. The van der Waals surface area contributed by atoms with Crippen molar-refractivity contribution in [1.29, 1.82) is 0 Å².